The monoisotopic (exact) mass is 557 g/mol. The first-order valence-corrected chi connectivity index (χ1v) is 12.7. The van der Waals surface area contributed by atoms with Crippen LogP contribution in [0.3, 0.4) is 0 Å². The fourth-order valence-electron chi connectivity index (χ4n) is 3.98. The highest BCUT2D eigenvalue weighted by atomic mass is 32.2. The second-order valence-corrected chi connectivity index (χ2v) is 10.5. The molecule has 1 atom stereocenters. The van der Waals surface area contributed by atoms with Crippen molar-refractivity contribution in [1.82, 2.24) is 0 Å². The van der Waals surface area contributed by atoms with E-state index in [1.54, 1.807) is 84.9 Å². The van der Waals surface area contributed by atoms with Crippen molar-refractivity contribution in [3.8, 4) is 0 Å². The van der Waals surface area contributed by atoms with Crippen LogP contribution in [0.5, 0.6) is 0 Å². The van der Waals surface area contributed by atoms with E-state index in [0.29, 0.717) is 36.6 Å². The standard InChI is InChI=1S/C29H18F5O4S/c30-28(31,29(32,33)34)17-37-27(36)21-11-5-7-13-25(21)39(18-8-2-1-3-9-18)19-14-15-24-22(16-19)26(35)20-10-4-6-12-23(20)38-24/h1-16H,17H2/q+1. The molecule has 0 aliphatic carbocycles. The van der Waals surface area contributed by atoms with Gasteiger partial charge in [0.1, 0.15) is 27.6 Å². The highest BCUT2D eigenvalue weighted by Gasteiger charge is 2.58. The molecule has 0 saturated carbocycles. The van der Waals surface area contributed by atoms with Gasteiger partial charge in [-0.25, -0.2) is 4.79 Å². The molecule has 0 N–H and O–H groups in total. The number of carbonyl (C=O) groups excluding carboxylic acids is 1. The molecule has 0 saturated heterocycles. The van der Waals surface area contributed by atoms with Crippen molar-refractivity contribution < 1.29 is 35.9 Å². The zero-order valence-corrected chi connectivity index (χ0v) is 20.7. The van der Waals surface area contributed by atoms with E-state index in [2.05, 4.69) is 4.74 Å². The summed E-state index contributed by atoms with van der Waals surface area (Å²) in [7, 11) is -1.08. The normalized spacial score (nSPS) is 12.9. The van der Waals surface area contributed by atoms with Gasteiger partial charge >= 0.3 is 18.1 Å². The Hall–Kier alpha value is -4.18. The van der Waals surface area contributed by atoms with Crippen molar-refractivity contribution in [3.05, 3.63) is 113 Å². The molecule has 0 fully saturated rings. The van der Waals surface area contributed by atoms with Gasteiger partial charge in [0.05, 0.1) is 10.8 Å². The third-order valence-electron chi connectivity index (χ3n) is 5.89. The second kappa shape index (κ2) is 10.2. The molecular weight excluding hydrogens is 539 g/mol. The van der Waals surface area contributed by atoms with Crippen LogP contribution in [0.4, 0.5) is 22.0 Å². The number of fused-ring (bicyclic) bond motifs is 2. The van der Waals surface area contributed by atoms with Crippen molar-refractivity contribution >= 4 is 38.8 Å². The van der Waals surface area contributed by atoms with Crippen LogP contribution < -0.4 is 5.43 Å². The topological polar surface area (TPSA) is 56.5 Å². The maximum absolute atomic E-state index is 13.5. The maximum Gasteiger partial charge on any atom is 0.456 e. The Morgan fingerprint density at radius 3 is 2.13 bits per heavy atom. The van der Waals surface area contributed by atoms with Crippen LogP contribution in [-0.4, -0.2) is 24.7 Å². The molecule has 0 radical (unpaired) electrons. The Morgan fingerprint density at radius 1 is 0.744 bits per heavy atom. The number of benzene rings is 4. The number of halogens is 5. The highest BCUT2D eigenvalue weighted by molar-refractivity contribution is 7.97. The van der Waals surface area contributed by atoms with Crippen LogP contribution in [0, 0.1) is 0 Å². The Kier molecular flexibility index (Phi) is 6.90. The Morgan fingerprint density at radius 2 is 1.38 bits per heavy atom. The number of hydrogen-bond donors (Lipinski definition) is 0. The van der Waals surface area contributed by atoms with Crippen molar-refractivity contribution in [2.45, 2.75) is 26.8 Å². The Bertz CT molecular complexity index is 1730. The highest BCUT2D eigenvalue weighted by Crippen LogP contribution is 2.37. The van der Waals surface area contributed by atoms with Gasteiger partial charge in [-0.05, 0) is 48.5 Å². The van der Waals surface area contributed by atoms with Gasteiger partial charge in [-0.15, -0.1) is 0 Å². The zero-order chi connectivity index (χ0) is 27.8. The van der Waals surface area contributed by atoms with Gasteiger partial charge in [-0.2, -0.15) is 22.0 Å². The lowest BCUT2D eigenvalue weighted by Gasteiger charge is -2.19. The first-order chi connectivity index (χ1) is 18.6. The smallest absolute Gasteiger partial charge is 0.456 e. The van der Waals surface area contributed by atoms with E-state index in [1.165, 1.54) is 12.1 Å². The molecule has 198 valence electrons. The molecular formula is C29H18F5O4S+. The van der Waals surface area contributed by atoms with E-state index in [0.717, 1.165) is 0 Å². The molecule has 1 aromatic heterocycles. The van der Waals surface area contributed by atoms with Crippen LogP contribution in [0.2, 0.25) is 0 Å². The minimum atomic E-state index is -5.86. The van der Waals surface area contributed by atoms with E-state index in [1.807, 2.05) is 0 Å². The summed E-state index contributed by atoms with van der Waals surface area (Å²) in [5, 5.41) is 0.681. The van der Waals surface area contributed by atoms with Crippen LogP contribution >= 0.6 is 0 Å². The molecule has 39 heavy (non-hydrogen) atoms. The number of ether oxygens (including phenoxy) is 1. The van der Waals surface area contributed by atoms with Gasteiger partial charge in [0.25, 0.3) is 0 Å². The molecule has 0 bridgehead atoms. The number of esters is 1. The van der Waals surface area contributed by atoms with E-state index in [9.17, 15) is 31.5 Å². The number of rotatable bonds is 6. The fourth-order valence-corrected chi connectivity index (χ4v) is 6.22. The molecule has 10 heteroatoms. The van der Waals surface area contributed by atoms with Gasteiger partial charge < -0.3 is 9.15 Å². The zero-order valence-electron chi connectivity index (χ0n) is 19.9. The van der Waals surface area contributed by atoms with Crippen molar-refractivity contribution in [1.29, 1.82) is 0 Å². The largest absolute Gasteiger partial charge is 0.456 e. The lowest BCUT2D eigenvalue weighted by molar-refractivity contribution is -0.292. The third kappa shape index (κ3) is 5.12. The maximum atomic E-state index is 13.5. The quantitative estimate of drug-likeness (QED) is 0.0945. The average molecular weight is 558 g/mol. The molecule has 0 spiro atoms. The van der Waals surface area contributed by atoms with Gasteiger partial charge in [0.15, 0.2) is 21.3 Å². The minimum Gasteiger partial charge on any atom is -0.456 e. The predicted octanol–water partition coefficient (Wildman–Crippen LogP) is 7.40. The number of alkyl halides is 5. The number of hydrogen-bond acceptors (Lipinski definition) is 4. The molecule has 5 rings (SSSR count). The van der Waals surface area contributed by atoms with E-state index >= 15 is 0 Å². The summed E-state index contributed by atoms with van der Waals surface area (Å²) in [6.45, 7) is -2.15. The molecule has 0 aliphatic rings. The van der Waals surface area contributed by atoms with Crippen molar-refractivity contribution in [2.75, 3.05) is 6.61 Å². The first kappa shape index (κ1) is 26.4. The Labute approximate surface area is 221 Å². The summed E-state index contributed by atoms with van der Waals surface area (Å²) in [4.78, 5) is 27.7. The van der Waals surface area contributed by atoms with Crippen LogP contribution in [-0.2, 0) is 15.6 Å². The summed E-state index contributed by atoms with van der Waals surface area (Å²) in [5.74, 6) is -6.53. The predicted molar refractivity (Wildman–Crippen MR) is 136 cm³/mol. The molecule has 1 unspecified atom stereocenters. The van der Waals surface area contributed by atoms with E-state index < -0.39 is 35.6 Å². The van der Waals surface area contributed by atoms with Crippen molar-refractivity contribution in [2.24, 2.45) is 0 Å². The molecule has 0 aliphatic heterocycles. The molecule has 1 heterocycles. The average Bonchev–Trinajstić information content (AvgIpc) is 2.93. The van der Waals surface area contributed by atoms with Gasteiger partial charge in [0, 0.05) is 6.07 Å². The van der Waals surface area contributed by atoms with Crippen LogP contribution in [0.15, 0.2) is 121 Å². The summed E-state index contributed by atoms with van der Waals surface area (Å²) < 4.78 is 75.1. The molecule has 5 aromatic rings. The Balaban J connectivity index is 1.63. The second-order valence-electron chi connectivity index (χ2n) is 8.48. The van der Waals surface area contributed by atoms with E-state index in [4.69, 9.17) is 4.42 Å². The van der Waals surface area contributed by atoms with Gasteiger partial charge in [-0.1, -0.05) is 42.5 Å². The summed E-state index contributed by atoms with van der Waals surface area (Å²) >= 11 is 0. The minimum absolute atomic E-state index is 0.173. The van der Waals surface area contributed by atoms with Crippen molar-refractivity contribution in [3.63, 3.8) is 0 Å². The molecule has 0 amide bonds. The molecule has 4 nitrogen and oxygen atoms in total. The molecule has 4 aromatic carbocycles. The lowest BCUT2D eigenvalue weighted by atomic mass is 10.1. The number of carbonyl (C=O) groups is 1. The first-order valence-electron chi connectivity index (χ1n) is 11.5. The van der Waals surface area contributed by atoms with Crippen LogP contribution in [0.25, 0.3) is 21.9 Å². The summed E-state index contributed by atoms with van der Waals surface area (Å²) in [5.41, 5.74) is 0.343. The number of para-hydroxylation sites is 1. The SMILES string of the molecule is O=C(OCC(F)(F)C(F)(F)F)c1ccccc1[S+](c1ccccc1)c1ccc2oc3ccccc3c(=O)c2c1. The van der Waals surface area contributed by atoms with Crippen LogP contribution in [0.1, 0.15) is 10.4 Å². The van der Waals surface area contributed by atoms with Gasteiger partial charge in [0.2, 0.25) is 5.43 Å². The lowest BCUT2D eigenvalue weighted by Crippen LogP contribution is -2.41. The summed E-state index contributed by atoms with van der Waals surface area (Å²) in [6, 6.07) is 26.6. The third-order valence-corrected chi connectivity index (χ3v) is 8.15. The fraction of sp³-hybridized carbons (Fsp3) is 0.103. The van der Waals surface area contributed by atoms with Gasteiger partial charge in [-0.3, -0.25) is 4.79 Å². The van der Waals surface area contributed by atoms with E-state index in [-0.39, 0.29) is 11.0 Å². The summed E-state index contributed by atoms with van der Waals surface area (Å²) in [6.07, 6.45) is -5.86.